The molecule has 11 heteroatoms. The third-order valence-corrected chi connectivity index (χ3v) is 5.02. The van der Waals surface area contributed by atoms with Gasteiger partial charge in [-0.25, -0.2) is 8.42 Å². The lowest BCUT2D eigenvalue weighted by atomic mass is 9.94. The van der Waals surface area contributed by atoms with E-state index in [1.807, 2.05) is 0 Å². The molecule has 0 aliphatic carbocycles. The number of rotatable bonds is 9. The van der Waals surface area contributed by atoms with Crippen molar-refractivity contribution in [1.29, 1.82) is 0 Å². The van der Waals surface area contributed by atoms with E-state index in [-0.39, 0.29) is 12.3 Å². The summed E-state index contributed by atoms with van der Waals surface area (Å²) in [6, 6.07) is 0. The van der Waals surface area contributed by atoms with Gasteiger partial charge in [0.15, 0.2) is 14.5 Å². The number of carbonyl (C=O) groups is 3. The van der Waals surface area contributed by atoms with Gasteiger partial charge in [0, 0.05) is 18.6 Å². The highest BCUT2D eigenvalue weighted by Crippen LogP contribution is 2.18. The quantitative estimate of drug-likeness (QED) is 0.291. The van der Waals surface area contributed by atoms with Crippen LogP contribution in [0.1, 0.15) is 12.8 Å². The molecule has 0 fully saturated rings. The van der Waals surface area contributed by atoms with Crippen LogP contribution in [0.3, 0.4) is 0 Å². The number of amides is 1. The van der Waals surface area contributed by atoms with Crippen molar-refractivity contribution in [3.8, 4) is 0 Å². The number of hydrogen-bond donors (Lipinski definition) is 2. The predicted molar refractivity (Wildman–Crippen MR) is 78.5 cm³/mol. The first-order valence-electron chi connectivity index (χ1n) is 6.03. The SMILES string of the molecule is COC(=O)CC(O)(CC(=O)OC)C(=O)NCCSS(C)(=O)=O. The first-order valence-corrected chi connectivity index (χ1v) is 9.42. The van der Waals surface area contributed by atoms with Crippen molar-refractivity contribution in [2.75, 3.05) is 32.8 Å². The lowest BCUT2D eigenvalue weighted by Gasteiger charge is -2.24. The van der Waals surface area contributed by atoms with Gasteiger partial charge < -0.3 is 19.9 Å². The molecule has 0 saturated carbocycles. The van der Waals surface area contributed by atoms with Crippen molar-refractivity contribution in [2.45, 2.75) is 18.4 Å². The Morgan fingerprint density at radius 1 is 1.14 bits per heavy atom. The van der Waals surface area contributed by atoms with E-state index in [1.54, 1.807) is 0 Å². The second kappa shape index (κ2) is 8.96. The third-order valence-electron chi connectivity index (χ3n) is 2.44. The summed E-state index contributed by atoms with van der Waals surface area (Å²) in [6.07, 6.45) is -0.447. The van der Waals surface area contributed by atoms with E-state index in [4.69, 9.17) is 0 Å². The van der Waals surface area contributed by atoms with Crippen molar-refractivity contribution in [1.82, 2.24) is 5.32 Å². The van der Waals surface area contributed by atoms with E-state index in [1.165, 1.54) is 0 Å². The molecule has 0 heterocycles. The topological polar surface area (TPSA) is 136 Å². The molecule has 2 N–H and O–H groups in total. The molecule has 128 valence electrons. The monoisotopic (exact) mass is 357 g/mol. The molecule has 0 aliphatic rings. The van der Waals surface area contributed by atoms with Gasteiger partial charge in [-0.2, -0.15) is 0 Å². The Kier molecular flexibility index (Phi) is 8.41. The molecular formula is C11H19NO8S2. The first-order chi connectivity index (χ1) is 10.0. The number of hydrogen-bond acceptors (Lipinski definition) is 9. The minimum absolute atomic E-state index is 0.0527. The Bertz CT molecular complexity index is 498. The van der Waals surface area contributed by atoms with Gasteiger partial charge in [0.2, 0.25) is 0 Å². The van der Waals surface area contributed by atoms with E-state index < -0.39 is 45.2 Å². The van der Waals surface area contributed by atoms with Crippen LogP contribution in [-0.2, 0) is 32.7 Å². The fraction of sp³-hybridized carbons (Fsp3) is 0.727. The van der Waals surface area contributed by atoms with Crippen LogP contribution in [0, 0.1) is 0 Å². The molecule has 0 unspecified atom stereocenters. The highest BCUT2D eigenvalue weighted by molar-refractivity contribution is 8.71. The van der Waals surface area contributed by atoms with Crippen LogP contribution in [0.15, 0.2) is 0 Å². The zero-order chi connectivity index (χ0) is 17.4. The zero-order valence-corrected chi connectivity index (χ0v) is 14.1. The molecule has 0 rings (SSSR count). The summed E-state index contributed by atoms with van der Waals surface area (Å²) >= 11 is 0. The summed E-state index contributed by atoms with van der Waals surface area (Å²) in [4.78, 5) is 34.5. The van der Waals surface area contributed by atoms with Crippen molar-refractivity contribution in [3.63, 3.8) is 0 Å². The van der Waals surface area contributed by atoms with Crippen LogP contribution in [0.25, 0.3) is 0 Å². The Morgan fingerprint density at radius 2 is 1.59 bits per heavy atom. The summed E-state index contributed by atoms with van der Waals surface area (Å²) in [5.41, 5.74) is -2.32. The van der Waals surface area contributed by atoms with Crippen LogP contribution in [-0.4, -0.2) is 69.7 Å². The molecule has 0 spiro atoms. The van der Waals surface area contributed by atoms with Crippen molar-refractivity contribution in [3.05, 3.63) is 0 Å². The fourth-order valence-corrected chi connectivity index (χ4v) is 3.01. The zero-order valence-electron chi connectivity index (χ0n) is 12.4. The van der Waals surface area contributed by atoms with Gasteiger partial charge in [0.05, 0.1) is 27.1 Å². The van der Waals surface area contributed by atoms with Gasteiger partial charge >= 0.3 is 11.9 Å². The summed E-state index contributed by atoms with van der Waals surface area (Å²) < 4.78 is 30.6. The molecule has 0 bridgehead atoms. The third kappa shape index (κ3) is 8.20. The standard InChI is InChI=1S/C11H19NO8S2/c1-19-8(13)6-11(16,7-9(14)20-2)10(15)12-4-5-21-22(3,17)18/h16H,4-7H2,1-3H3,(H,12,15). The van der Waals surface area contributed by atoms with Gasteiger partial charge in [-0.1, -0.05) is 0 Å². The predicted octanol–water partition coefficient (Wildman–Crippen LogP) is -1.35. The Labute approximate surface area is 132 Å². The number of aliphatic hydroxyl groups is 1. The summed E-state index contributed by atoms with van der Waals surface area (Å²) in [5, 5.41) is 12.5. The number of nitrogens with one attached hydrogen (secondary N) is 1. The van der Waals surface area contributed by atoms with Gasteiger partial charge in [0.25, 0.3) is 5.91 Å². The van der Waals surface area contributed by atoms with E-state index >= 15 is 0 Å². The maximum absolute atomic E-state index is 12.0. The molecule has 0 saturated heterocycles. The van der Waals surface area contributed by atoms with E-state index in [2.05, 4.69) is 14.8 Å². The molecule has 0 aromatic carbocycles. The van der Waals surface area contributed by atoms with Crippen LogP contribution in [0.5, 0.6) is 0 Å². The molecule has 0 aromatic rings. The molecule has 22 heavy (non-hydrogen) atoms. The molecule has 9 nitrogen and oxygen atoms in total. The second-order valence-electron chi connectivity index (χ2n) is 4.32. The number of esters is 2. The van der Waals surface area contributed by atoms with Crippen molar-refractivity contribution < 1.29 is 37.4 Å². The molecular weight excluding hydrogens is 338 g/mol. The van der Waals surface area contributed by atoms with Gasteiger partial charge in [0.1, 0.15) is 0 Å². The minimum atomic E-state index is -3.25. The maximum atomic E-state index is 12.0. The number of carbonyl (C=O) groups excluding carboxylic acids is 3. The molecule has 0 atom stereocenters. The summed E-state index contributed by atoms with van der Waals surface area (Å²) in [6.45, 7) is -0.0682. The fourth-order valence-electron chi connectivity index (χ4n) is 1.37. The smallest absolute Gasteiger partial charge is 0.309 e. The van der Waals surface area contributed by atoms with Crippen LogP contribution in [0.2, 0.25) is 0 Å². The average Bonchev–Trinajstić information content (AvgIpc) is 2.41. The lowest BCUT2D eigenvalue weighted by Crippen LogP contribution is -2.50. The average molecular weight is 357 g/mol. The molecule has 1 amide bonds. The molecule has 0 aliphatic heterocycles. The van der Waals surface area contributed by atoms with Gasteiger partial charge in [-0.05, 0) is 10.8 Å². The Balaban J connectivity index is 4.74. The van der Waals surface area contributed by atoms with E-state index in [9.17, 15) is 27.9 Å². The number of ether oxygens (including phenoxy) is 2. The van der Waals surface area contributed by atoms with E-state index in [0.717, 1.165) is 20.5 Å². The van der Waals surface area contributed by atoms with Gasteiger partial charge in [-0.15, -0.1) is 0 Å². The molecule has 0 radical (unpaired) electrons. The maximum Gasteiger partial charge on any atom is 0.309 e. The number of methoxy groups -OCH3 is 2. The summed E-state index contributed by atoms with van der Waals surface area (Å²) in [7, 11) is -0.491. The lowest BCUT2D eigenvalue weighted by molar-refractivity contribution is -0.161. The largest absolute Gasteiger partial charge is 0.469 e. The normalized spacial score (nSPS) is 11.6. The Morgan fingerprint density at radius 3 is 1.95 bits per heavy atom. The van der Waals surface area contributed by atoms with Crippen LogP contribution in [0.4, 0.5) is 0 Å². The highest BCUT2D eigenvalue weighted by Gasteiger charge is 2.41. The van der Waals surface area contributed by atoms with Crippen LogP contribution >= 0.6 is 10.8 Å². The summed E-state index contributed by atoms with van der Waals surface area (Å²) in [5.74, 6) is -2.70. The van der Waals surface area contributed by atoms with Gasteiger partial charge in [-0.3, -0.25) is 14.4 Å². The Hall–Kier alpha value is -1.33. The highest BCUT2D eigenvalue weighted by atomic mass is 33.1. The second-order valence-corrected chi connectivity index (χ2v) is 8.90. The molecule has 0 aromatic heterocycles. The van der Waals surface area contributed by atoms with Crippen molar-refractivity contribution >= 4 is 37.5 Å². The van der Waals surface area contributed by atoms with E-state index in [0.29, 0.717) is 10.8 Å². The minimum Gasteiger partial charge on any atom is -0.469 e. The van der Waals surface area contributed by atoms with Crippen LogP contribution < -0.4 is 5.32 Å². The van der Waals surface area contributed by atoms with Crippen molar-refractivity contribution in [2.24, 2.45) is 0 Å². The first kappa shape index (κ1) is 20.7.